The lowest BCUT2D eigenvalue weighted by Crippen LogP contribution is -2.00. The number of hydrogen-bond donors (Lipinski definition) is 1. The van der Waals surface area contributed by atoms with E-state index >= 15 is 0 Å². The lowest BCUT2D eigenvalue weighted by molar-refractivity contribution is -0.763. The number of nitrogens with zero attached hydrogens (tertiary/aromatic N) is 5. The SMILES string of the molecule is O=[N+]([O-])OCc1nc(-c2noc(CO)n2)no1. The van der Waals surface area contributed by atoms with Crippen LogP contribution in [0.5, 0.6) is 0 Å². The minimum atomic E-state index is -0.984. The number of aromatic nitrogens is 4. The fourth-order valence-corrected chi connectivity index (χ4v) is 0.922. The van der Waals surface area contributed by atoms with E-state index in [4.69, 9.17) is 5.11 Å². The third kappa shape index (κ3) is 2.52. The van der Waals surface area contributed by atoms with Gasteiger partial charge in [0.15, 0.2) is 6.61 Å². The standard InChI is InChI=1S/C6H5N5O6/c12-1-3-7-5(9-16-3)6-8-4(17-10-6)2-15-11(13)14/h12H,1-2H2. The third-order valence-electron chi connectivity index (χ3n) is 1.56. The van der Waals surface area contributed by atoms with Crippen molar-refractivity contribution in [3.05, 3.63) is 21.9 Å². The Morgan fingerprint density at radius 1 is 1.24 bits per heavy atom. The second-order valence-corrected chi connectivity index (χ2v) is 2.68. The minimum absolute atomic E-state index is 0.00477. The van der Waals surface area contributed by atoms with E-state index in [1.807, 2.05) is 0 Å². The van der Waals surface area contributed by atoms with Crippen molar-refractivity contribution in [3.63, 3.8) is 0 Å². The zero-order valence-electron chi connectivity index (χ0n) is 8.14. The van der Waals surface area contributed by atoms with Crippen LogP contribution >= 0.6 is 0 Å². The average molecular weight is 243 g/mol. The molecule has 2 rings (SSSR count). The highest BCUT2D eigenvalue weighted by molar-refractivity contribution is 5.39. The van der Waals surface area contributed by atoms with Crippen molar-refractivity contribution in [3.8, 4) is 11.6 Å². The van der Waals surface area contributed by atoms with Gasteiger partial charge in [0.25, 0.3) is 16.9 Å². The first-order chi connectivity index (χ1) is 8.19. The van der Waals surface area contributed by atoms with E-state index < -0.39 is 18.3 Å². The van der Waals surface area contributed by atoms with Crippen LogP contribution in [0.4, 0.5) is 0 Å². The van der Waals surface area contributed by atoms with Crippen molar-refractivity contribution in [1.82, 2.24) is 20.3 Å². The molecule has 0 atom stereocenters. The highest BCUT2D eigenvalue weighted by atomic mass is 17.0. The van der Waals surface area contributed by atoms with Crippen molar-refractivity contribution in [2.45, 2.75) is 13.2 Å². The largest absolute Gasteiger partial charge is 0.387 e. The van der Waals surface area contributed by atoms with E-state index in [1.54, 1.807) is 0 Å². The summed E-state index contributed by atoms with van der Waals surface area (Å²) in [6.45, 7) is -0.882. The Hall–Kier alpha value is -2.56. The van der Waals surface area contributed by atoms with Gasteiger partial charge in [-0.05, 0) is 0 Å². The molecule has 0 saturated heterocycles. The van der Waals surface area contributed by atoms with Crippen molar-refractivity contribution in [2.75, 3.05) is 0 Å². The predicted molar refractivity (Wildman–Crippen MR) is 45.3 cm³/mol. The Morgan fingerprint density at radius 2 is 1.82 bits per heavy atom. The molecule has 0 radical (unpaired) electrons. The number of aliphatic hydroxyl groups is 1. The molecule has 2 aromatic rings. The molecule has 0 aliphatic rings. The molecule has 90 valence electrons. The monoisotopic (exact) mass is 243 g/mol. The number of rotatable bonds is 5. The molecule has 0 saturated carbocycles. The third-order valence-corrected chi connectivity index (χ3v) is 1.56. The molecule has 0 bridgehead atoms. The van der Waals surface area contributed by atoms with Crippen LogP contribution in [0.1, 0.15) is 11.8 Å². The first kappa shape index (κ1) is 10.9. The molecule has 0 amide bonds. The van der Waals surface area contributed by atoms with Gasteiger partial charge in [0.05, 0.1) is 0 Å². The van der Waals surface area contributed by atoms with Gasteiger partial charge >= 0.3 is 0 Å². The van der Waals surface area contributed by atoms with Crippen LogP contribution in [0.15, 0.2) is 9.05 Å². The summed E-state index contributed by atoms with van der Waals surface area (Å²) in [6.07, 6.45) is 0. The summed E-state index contributed by atoms with van der Waals surface area (Å²) >= 11 is 0. The summed E-state index contributed by atoms with van der Waals surface area (Å²) in [5, 5.41) is 24.5. The zero-order chi connectivity index (χ0) is 12.3. The molecular formula is C6H5N5O6. The van der Waals surface area contributed by atoms with Gasteiger partial charge in [-0.3, -0.25) is 0 Å². The van der Waals surface area contributed by atoms with E-state index in [0.717, 1.165) is 0 Å². The van der Waals surface area contributed by atoms with Gasteiger partial charge in [-0.1, -0.05) is 10.3 Å². The first-order valence-electron chi connectivity index (χ1n) is 4.22. The molecule has 0 aliphatic heterocycles. The summed E-state index contributed by atoms with van der Waals surface area (Å²) in [4.78, 5) is 21.4. The van der Waals surface area contributed by atoms with Gasteiger partial charge in [0.1, 0.15) is 6.61 Å². The van der Waals surface area contributed by atoms with Gasteiger partial charge in [-0.25, -0.2) is 0 Å². The minimum Gasteiger partial charge on any atom is -0.387 e. The molecule has 11 nitrogen and oxygen atoms in total. The molecule has 11 heteroatoms. The lowest BCUT2D eigenvalue weighted by Gasteiger charge is -1.89. The van der Waals surface area contributed by atoms with Crippen molar-refractivity contribution in [1.29, 1.82) is 0 Å². The summed E-state index contributed by atoms with van der Waals surface area (Å²) < 4.78 is 9.24. The van der Waals surface area contributed by atoms with Crippen molar-refractivity contribution < 1.29 is 24.1 Å². The maximum atomic E-state index is 9.92. The van der Waals surface area contributed by atoms with Crippen molar-refractivity contribution in [2.24, 2.45) is 0 Å². The predicted octanol–water partition coefficient (Wildman–Crippen LogP) is -0.680. The molecule has 0 spiro atoms. The lowest BCUT2D eigenvalue weighted by atomic mass is 10.5. The van der Waals surface area contributed by atoms with Gasteiger partial charge in [-0.2, -0.15) is 9.97 Å². The van der Waals surface area contributed by atoms with E-state index in [2.05, 4.69) is 34.2 Å². The summed E-state index contributed by atoms with van der Waals surface area (Å²) in [7, 11) is 0. The molecule has 0 fully saturated rings. The van der Waals surface area contributed by atoms with Crippen molar-refractivity contribution >= 4 is 0 Å². The quantitative estimate of drug-likeness (QED) is 0.528. The van der Waals surface area contributed by atoms with Crippen LogP contribution < -0.4 is 0 Å². The fourth-order valence-electron chi connectivity index (χ4n) is 0.922. The Kier molecular flexibility index (Phi) is 2.91. The van der Waals surface area contributed by atoms with Crippen LogP contribution in [0.3, 0.4) is 0 Å². The van der Waals surface area contributed by atoms with Crippen LogP contribution in [0, 0.1) is 10.1 Å². The first-order valence-corrected chi connectivity index (χ1v) is 4.22. The Bertz CT molecular complexity index is 520. The second kappa shape index (κ2) is 4.52. The summed E-state index contributed by atoms with van der Waals surface area (Å²) in [5.41, 5.74) is 0. The molecular weight excluding hydrogens is 238 g/mol. The Balaban J connectivity index is 2.09. The molecule has 0 aliphatic carbocycles. The highest BCUT2D eigenvalue weighted by Gasteiger charge is 2.15. The fraction of sp³-hybridized carbons (Fsp3) is 0.333. The normalized spacial score (nSPS) is 10.4. The summed E-state index contributed by atoms with van der Waals surface area (Å²) in [6, 6.07) is 0. The molecule has 2 heterocycles. The Morgan fingerprint density at radius 3 is 2.35 bits per heavy atom. The maximum Gasteiger partial charge on any atom is 0.295 e. The van der Waals surface area contributed by atoms with Crippen LogP contribution in [0.2, 0.25) is 0 Å². The topological polar surface area (TPSA) is 150 Å². The van der Waals surface area contributed by atoms with Gasteiger partial charge < -0.3 is 19.0 Å². The molecule has 0 unspecified atom stereocenters. The van der Waals surface area contributed by atoms with Crippen LogP contribution in [-0.4, -0.2) is 30.5 Å². The van der Waals surface area contributed by atoms with Crippen LogP contribution in [-0.2, 0) is 18.1 Å². The van der Waals surface area contributed by atoms with E-state index in [1.165, 1.54) is 0 Å². The number of aliphatic hydroxyl groups excluding tert-OH is 1. The highest BCUT2D eigenvalue weighted by Crippen LogP contribution is 2.12. The Labute approximate surface area is 92.1 Å². The molecule has 1 N–H and O–H groups in total. The van der Waals surface area contributed by atoms with E-state index in [9.17, 15) is 10.1 Å². The average Bonchev–Trinajstić information content (AvgIpc) is 2.94. The smallest absolute Gasteiger partial charge is 0.295 e. The van der Waals surface area contributed by atoms with Gasteiger partial charge in [0.2, 0.25) is 11.6 Å². The van der Waals surface area contributed by atoms with Gasteiger partial charge in [0, 0.05) is 0 Å². The van der Waals surface area contributed by atoms with E-state index in [-0.39, 0.29) is 23.4 Å². The summed E-state index contributed by atoms with van der Waals surface area (Å²) in [5.74, 6) is -0.125. The molecule has 17 heavy (non-hydrogen) atoms. The molecule has 0 aromatic carbocycles. The number of hydrogen-bond acceptors (Lipinski definition) is 10. The van der Waals surface area contributed by atoms with Crippen LogP contribution in [0.25, 0.3) is 11.6 Å². The van der Waals surface area contributed by atoms with Gasteiger partial charge in [-0.15, -0.1) is 10.1 Å². The van der Waals surface area contributed by atoms with E-state index in [0.29, 0.717) is 0 Å². The zero-order valence-corrected chi connectivity index (χ0v) is 8.14. The second-order valence-electron chi connectivity index (χ2n) is 2.68. The molecule has 2 aromatic heterocycles. The maximum absolute atomic E-state index is 9.92.